The Kier molecular flexibility index (Phi) is 5.06. The molecule has 0 spiro atoms. The van der Waals surface area contributed by atoms with Gasteiger partial charge in [0.15, 0.2) is 0 Å². The van der Waals surface area contributed by atoms with Gasteiger partial charge in [0.1, 0.15) is 0 Å². The molecule has 2 aliphatic rings. The summed E-state index contributed by atoms with van der Waals surface area (Å²) in [5.74, 6) is -0.00941. The topological polar surface area (TPSA) is 46.6 Å². The van der Waals surface area contributed by atoms with Gasteiger partial charge in [0.2, 0.25) is 5.91 Å². The second-order valence-electron chi connectivity index (χ2n) is 6.46. The van der Waals surface area contributed by atoms with Gasteiger partial charge in [-0.25, -0.2) is 0 Å². The van der Waals surface area contributed by atoms with E-state index in [2.05, 4.69) is 6.92 Å². The minimum Gasteiger partial charge on any atom is -0.466 e. The molecule has 4 heteroatoms. The minimum absolute atomic E-state index is 0.125. The summed E-state index contributed by atoms with van der Waals surface area (Å²) in [4.78, 5) is 26.6. The average Bonchev–Trinajstić information content (AvgIpc) is 2.47. The molecule has 20 heavy (non-hydrogen) atoms. The first-order chi connectivity index (χ1) is 9.57. The van der Waals surface area contributed by atoms with Gasteiger partial charge < -0.3 is 9.64 Å². The van der Waals surface area contributed by atoms with Crippen LogP contribution in [0.3, 0.4) is 0 Å². The molecule has 1 saturated heterocycles. The molecule has 1 aliphatic carbocycles. The third-order valence-corrected chi connectivity index (χ3v) is 4.80. The Morgan fingerprint density at radius 3 is 2.55 bits per heavy atom. The molecule has 0 bridgehead atoms. The molecule has 1 unspecified atom stereocenters. The second kappa shape index (κ2) is 6.59. The zero-order valence-electron chi connectivity index (χ0n) is 12.8. The van der Waals surface area contributed by atoms with Gasteiger partial charge in [-0.05, 0) is 32.6 Å². The van der Waals surface area contributed by atoms with Gasteiger partial charge in [-0.3, -0.25) is 9.59 Å². The Morgan fingerprint density at radius 1 is 1.20 bits per heavy atom. The Balaban J connectivity index is 1.97. The van der Waals surface area contributed by atoms with E-state index in [-0.39, 0.29) is 23.2 Å². The number of carbonyl (C=O) groups excluding carboxylic acids is 2. The van der Waals surface area contributed by atoms with Gasteiger partial charge in [-0.1, -0.05) is 26.2 Å². The molecule has 2 rings (SSSR count). The van der Waals surface area contributed by atoms with E-state index in [9.17, 15) is 9.59 Å². The number of ether oxygens (including phenoxy) is 1. The first-order valence-electron chi connectivity index (χ1n) is 8.03. The van der Waals surface area contributed by atoms with E-state index >= 15 is 0 Å². The van der Waals surface area contributed by atoms with Crippen molar-refractivity contribution in [2.45, 2.75) is 58.8 Å². The lowest BCUT2D eigenvalue weighted by Gasteiger charge is -2.40. The Bertz CT molecular complexity index is 361. The van der Waals surface area contributed by atoms with Crippen molar-refractivity contribution in [1.29, 1.82) is 0 Å². The van der Waals surface area contributed by atoms with Gasteiger partial charge in [-0.15, -0.1) is 0 Å². The van der Waals surface area contributed by atoms with Crippen LogP contribution in [0.1, 0.15) is 58.8 Å². The number of rotatable bonds is 3. The highest BCUT2D eigenvalue weighted by Gasteiger charge is 2.40. The smallest absolute Gasteiger partial charge is 0.310 e. The molecule has 0 radical (unpaired) electrons. The fourth-order valence-electron chi connectivity index (χ4n) is 3.54. The summed E-state index contributed by atoms with van der Waals surface area (Å²) < 4.78 is 5.10. The van der Waals surface area contributed by atoms with Gasteiger partial charge in [0.05, 0.1) is 12.5 Å². The standard InChI is InChI=1S/C16H27NO3/c1-3-20-14(18)13-8-7-11-17(12-13)15(19)16(2)9-5-4-6-10-16/h13H,3-12H2,1-2H3. The highest BCUT2D eigenvalue weighted by atomic mass is 16.5. The van der Waals surface area contributed by atoms with Crippen LogP contribution in [0.25, 0.3) is 0 Å². The summed E-state index contributed by atoms with van der Waals surface area (Å²) >= 11 is 0. The van der Waals surface area contributed by atoms with Crippen LogP contribution in [0.2, 0.25) is 0 Å². The number of hydrogen-bond acceptors (Lipinski definition) is 3. The third-order valence-electron chi connectivity index (χ3n) is 4.80. The van der Waals surface area contributed by atoms with Crippen LogP contribution in [-0.4, -0.2) is 36.5 Å². The molecule has 0 N–H and O–H groups in total. The Hall–Kier alpha value is -1.06. The molecule has 1 heterocycles. The lowest BCUT2D eigenvalue weighted by molar-refractivity contribution is -0.154. The van der Waals surface area contributed by atoms with E-state index in [1.54, 1.807) is 0 Å². The van der Waals surface area contributed by atoms with Crippen molar-refractivity contribution in [3.63, 3.8) is 0 Å². The molecule has 0 aromatic carbocycles. The van der Waals surface area contributed by atoms with Crippen molar-refractivity contribution < 1.29 is 14.3 Å². The lowest BCUT2D eigenvalue weighted by atomic mass is 9.74. The maximum absolute atomic E-state index is 12.8. The highest BCUT2D eigenvalue weighted by Crippen LogP contribution is 2.38. The Labute approximate surface area is 121 Å². The maximum atomic E-state index is 12.8. The zero-order chi connectivity index (χ0) is 14.6. The monoisotopic (exact) mass is 281 g/mol. The summed E-state index contributed by atoms with van der Waals surface area (Å²) in [6, 6.07) is 0. The average molecular weight is 281 g/mol. The predicted octanol–water partition coefficient (Wildman–Crippen LogP) is 2.76. The molecule has 0 aromatic heterocycles. The molecule has 0 aromatic rings. The number of hydrogen-bond donors (Lipinski definition) is 0. The van der Waals surface area contributed by atoms with E-state index < -0.39 is 0 Å². The van der Waals surface area contributed by atoms with Gasteiger partial charge >= 0.3 is 5.97 Å². The number of piperidine rings is 1. The van der Waals surface area contributed by atoms with Crippen LogP contribution in [-0.2, 0) is 14.3 Å². The fraction of sp³-hybridized carbons (Fsp3) is 0.875. The molecule has 2 fully saturated rings. The lowest BCUT2D eigenvalue weighted by Crippen LogP contribution is -2.49. The molecule has 1 saturated carbocycles. The quantitative estimate of drug-likeness (QED) is 0.747. The predicted molar refractivity (Wildman–Crippen MR) is 77.1 cm³/mol. The number of likely N-dealkylation sites (tertiary alicyclic amines) is 1. The van der Waals surface area contributed by atoms with Crippen molar-refractivity contribution in [3.05, 3.63) is 0 Å². The molecular weight excluding hydrogens is 254 g/mol. The van der Waals surface area contributed by atoms with E-state index in [0.29, 0.717) is 13.2 Å². The van der Waals surface area contributed by atoms with Crippen LogP contribution in [0.4, 0.5) is 0 Å². The van der Waals surface area contributed by atoms with Crippen LogP contribution < -0.4 is 0 Å². The van der Waals surface area contributed by atoms with Gasteiger partial charge in [-0.2, -0.15) is 0 Å². The number of amides is 1. The summed E-state index contributed by atoms with van der Waals surface area (Å²) in [6.45, 7) is 5.69. The van der Waals surface area contributed by atoms with E-state index in [1.807, 2.05) is 11.8 Å². The SMILES string of the molecule is CCOC(=O)C1CCCN(C(=O)C2(C)CCCCC2)C1. The second-order valence-corrected chi connectivity index (χ2v) is 6.46. The molecule has 4 nitrogen and oxygen atoms in total. The first-order valence-corrected chi connectivity index (χ1v) is 8.03. The van der Waals surface area contributed by atoms with Crippen LogP contribution in [0.5, 0.6) is 0 Å². The number of esters is 1. The molecule has 114 valence electrons. The summed E-state index contributed by atoms with van der Waals surface area (Å²) in [6.07, 6.45) is 7.28. The molecular formula is C16H27NO3. The minimum atomic E-state index is -0.200. The van der Waals surface area contributed by atoms with Crippen molar-refractivity contribution in [3.8, 4) is 0 Å². The van der Waals surface area contributed by atoms with Crippen LogP contribution in [0.15, 0.2) is 0 Å². The fourth-order valence-corrected chi connectivity index (χ4v) is 3.54. The van der Waals surface area contributed by atoms with E-state index in [1.165, 1.54) is 6.42 Å². The van der Waals surface area contributed by atoms with Crippen molar-refractivity contribution >= 4 is 11.9 Å². The first kappa shape index (κ1) is 15.3. The summed E-state index contributed by atoms with van der Waals surface area (Å²) in [7, 11) is 0. The Morgan fingerprint density at radius 2 is 1.90 bits per heavy atom. The van der Waals surface area contributed by atoms with Gasteiger partial charge in [0, 0.05) is 18.5 Å². The van der Waals surface area contributed by atoms with Gasteiger partial charge in [0.25, 0.3) is 0 Å². The molecule has 1 amide bonds. The van der Waals surface area contributed by atoms with Crippen LogP contribution >= 0.6 is 0 Å². The van der Waals surface area contributed by atoms with Crippen LogP contribution in [0, 0.1) is 11.3 Å². The van der Waals surface area contributed by atoms with Crippen molar-refractivity contribution in [2.24, 2.45) is 11.3 Å². The van der Waals surface area contributed by atoms with E-state index in [0.717, 1.165) is 45.1 Å². The van der Waals surface area contributed by atoms with Crippen molar-refractivity contribution in [2.75, 3.05) is 19.7 Å². The summed E-state index contributed by atoms with van der Waals surface area (Å²) in [5, 5.41) is 0. The summed E-state index contributed by atoms with van der Waals surface area (Å²) in [5.41, 5.74) is -0.200. The highest BCUT2D eigenvalue weighted by molar-refractivity contribution is 5.83. The van der Waals surface area contributed by atoms with E-state index in [4.69, 9.17) is 4.74 Å². The maximum Gasteiger partial charge on any atom is 0.310 e. The van der Waals surface area contributed by atoms with Crippen molar-refractivity contribution in [1.82, 2.24) is 4.90 Å². The molecule has 1 atom stereocenters. The zero-order valence-corrected chi connectivity index (χ0v) is 12.8. The normalized spacial score (nSPS) is 26.1. The number of carbonyl (C=O) groups is 2. The third kappa shape index (κ3) is 3.33. The number of nitrogens with zero attached hydrogens (tertiary/aromatic N) is 1. The molecule has 1 aliphatic heterocycles. The largest absolute Gasteiger partial charge is 0.466 e.